The number of ether oxygens (including phenoxy) is 2. The lowest BCUT2D eigenvalue weighted by molar-refractivity contribution is 0.347. The Hall–Kier alpha value is -2.07. The van der Waals surface area contributed by atoms with Crippen LogP contribution in [0.1, 0.15) is 17.2 Å². The molecular weight excluding hydrogens is 252 g/mol. The van der Waals surface area contributed by atoms with E-state index < -0.39 is 0 Å². The second-order valence-corrected chi connectivity index (χ2v) is 4.48. The van der Waals surface area contributed by atoms with E-state index in [9.17, 15) is 0 Å². The molecule has 1 unspecified atom stereocenters. The van der Waals surface area contributed by atoms with Crippen LogP contribution in [0.3, 0.4) is 0 Å². The second-order valence-electron chi connectivity index (χ2n) is 4.48. The van der Waals surface area contributed by atoms with Crippen LogP contribution in [0.2, 0.25) is 0 Å². The van der Waals surface area contributed by atoms with Gasteiger partial charge in [-0.05, 0) is 37.2 Å². The van der Waals surface area contributed by atoms with Gasteiger partial charge in [-0.15, -0.1) is 0 Å². The van der Waals surface area contributed by atoms with Gasteiger partial charge in [0.25, 0.3) is 0 Å². The predicted molar refractivity (Wildman–Crippen MR) is 79.3 cm³/mol. The van der Waals surface area contributed by atoms with Crippen molar-refractivity contribution < 1.29 is 9.47 Å². The fourth-order valence-corrected chi connectivity index (χ4v) is 2.31. The number of pyridine rings is 1. The molecular formula is C16H20N2O2. The number of likely N-dealkylation sites (N-methyl/N-ethyl adjacent to an activating group) is 1. The molecule has 106 valence electrons. The Morgan fingerprint density at radius 2 is 1.85 bits per heavy atom. The van der Waals surface area contributed by atoms with E-state index in [1.807, 2.05) is 43.7 Å². The van der Waals surface area contributed by atoms with Crippen molar-refractivity contribution in [1.29, 1.82) is 0 Å². The average Bonchev–Trinajstić information content (AvgIpc) is 2.52. The first-order valence-electron chi connectivity index (χ1n) is 6.57. The minimum absolute atomic E-state index is 0.155. The van der Waals surface area contributed by atoms with Crippen molar-refractivity contribution in [2.24, 2.45) is 0 Å². The largest absolute Gasteiger partial charge is 0.493 e. The summed E-state index contributed by atoms with van der Waals surface area (Å²) in [7, 11) is 5.27. The molecule has 1 atom stereocenters. The number of hydrogen-bond acceptors (Lipinski definition) is 4. The zero-order valence-electron chi connectivity index (χ0n) is 12.1. The summed E-state index contributed by atoms with van der Waals surface area (Å²) in [5, 5.41) is 3.34. The standard InChI is InChI=1S/C16H20N2O2/c1-17-14(11-12-7-9-18-10-8-12)13-5-4-6-15(19-2)16(13)20-3/h4-10,14,17H,11H2,1-3H3. The number of aromatic nitrogens is 1. The van der Waals surface area contributed by atoms with Crippen LogP contribution in [0.15, 0.2) is 42.7 Å². The molecule has 0 spiro atoms. The SMILES string of the molecule is CNC(Cc1ccncc1)c1cccc(OC)c1OC. The van der Waals surface area contributed by atoms with Crippen LogP contribution < -0.4 is 14.8 Å². The molecule has 0 aliphatic carbocycles. The van der Waals surface area contributed by atoms with Crippen molar-refractivity contribution in [3.8, 4) is 11.5 Å². The molecule has 1 N–H and O–H groups in total. The number of methoxy groups -OCH3 is 2. The van der Waals surface area contributed by atoms with Gasteiger partial charge >= 0.3 is 0 Å². The predicted octanol–water partition coefficient (Wildman–Crippen LogP) is 2.60. The van der Waals surface area contributed by atoms with E-state index in [2.05, 4.69) is 16.4 Å². The maximum Gasteiger partial charge on any atom is 0.165 e. The summed E-state index contributed by atoms with van der Waals surface area (Å²) < 4.78 is 10.9. The highest BCUT2D eigenvalue weighted by Gasteiger charge is 2.18. The lowest BCUT2D eigenvalue weighted by atomic mass is 9.98. The summed E-state index contributed by atoms with van der Waals surface area (Å²) in [4.78, 5) is 4.05. The molecule has 1 aromatic heterocycles. The minimum Gasteiger partial charge on any atom is -0.493 e. The van der Waals surface area contributed by atoms with Crippen LogP contribution in [0.4, 0.5) is 0 Å². The molecule has 1 aromatic carbocycles. The molecule has 0 amide bonds. The Balaban J connectivity index is 2.32. The van der Waals surface area contributed by atoms with Crippen molar-refractivity contribution in [3.63, 3.8) is 0 Å². The fraction of sp³-hybridized carbons (Fsp3) is 0.312. The van der Waals surface area contributed by atoms with E-state index in [4.69, 9.17) is 9.47 Å². The minimum atomic E-state index is 0.155. The monoisotopic (exact) mass is 272 g/mol. The molecule has 0 aliphatic heterocycles. The van der Waals surface area contributed by atoms with Crippen molar-refractivity contribution in [2.45, 2.75) is 12.5 Å². The van der Waals surface area contributed by atoms with Gasteiger partial charge in [-0.25, -0.2) is 0 Å². The van der Waals surface area contributed by atoms with Gasteiger partial charge in [-0.3, -0.25) is 4.98 Å². The second kappa shape index (κ2) is 6.91. The van der Waals surface area contributed by atoms with Gasteiger partial charge in [0, 0.05) is 24.0 Å². The molecule has 0 aliphatic rings. The van der Waals surface area contributed by atoms with E-state index in [1.165, 1.54) is 5.56 Å². The van der Waals surface area contributed by atoms with Crippen LogP contribution in [0, 0.1) is 0 Å². The highest BCUT2D eigenvalue weighted by molar-refractivity contribution is 5.48. The highest BCUT2D eigenvalue weighted by atomic mass is 16.5. The van der Waals surface area contributed by atoms with Gasteiger partial charge < -0.3 is 14.8 Å². The van der Waals surface area contributed by atoms with Gasteiger partial charge in [0.15, 0.2) is 11.5 Å². The third-order valence-corrected chi connectivity index (χ3v) is 3.35. The molecule has 0 bridgehead atoms. The maximum absolute atomic E-state index is 5.51. The lowest BCUT2D eigenvalue weighted by Gasteiger charge is -2.21. The quantitative estimate of drug-likeness (QED) is 0.878. The van der Waals surface area contributed by atoms with E-state index in [1.54, 1.807) is 14.2 Å². The smallest absolute Gasteiger partial charge is 0.165 e. The van der Waals surface area contributed by atoms with E-state index in [0.29, 0.717) is 0 Å². The molecule has 4 heteroatoms. The molecule has 2 aromatic rings. The molecule has 0 fully saturated rings. The van der Waals surface area contributed by atoms with Crippen LogP contribution in [0.25, 0.3) is 0 Å². The molecule has 2 rings (SSSR count). The summed E-state index contributed by atoms with van der Waals surface area (Å²) in [6.07, 6.45) is 4.48. The number of benzene rings is 1. The third-order valence-electron chi connectivity index (χ3n) is 3.35. The summed E-state index contributed by atoms with van der Waals surface area (Å²) in [5.74, 6) is 1.53. The normalized spacial score (nSPS) is 11.9. The van der Waals surface area contributed by atoms with E-state index in [0.717, 1.165) is 23.5 Å². The first-order valence-corrected chi connectivity index (χ1v) is 6.57. The zero-order chi connectivity index (χ0) is 14.4. The van der Waals surface area contributed by atoms with Crippen molar-refractivity contribution in [2.75, 3.05) is 21.3 Å². The van der Waals surface area contributed by atoms with Crippen molar-refractivity contribution in [1.82, 2.24) is 10.3 Å². The number of nitrogens with zero attached hydrogens (tertiary/aromatic N) is 1. The van der Waals surface area contributed by atoms with Gasteiger partial charge in [0.2, 0.25) is 0 Å². The Morgan fingerprint density at radius 1 is 1.10 bits per heavy atom. The van der Waals surface area contributed by atoms with Gasteiger partial charge in [-0.1, -0.05) is 12.1 Å². The first kappa shape index (κ1) is 14.3. The number of para-hydroxylation sites is 1. The molecule has 0 saturated heterocycles. The van der Waals surface area contributed by atoms with Crippen LogP contribution in [0.5, 0.6) is 11.5 Å². The Labute approximate surface area is 119 Å². The lowest BCUT2D eigenvalue weighted by Crippen LogP contribution is -2.19. The maximum atomic E-state index is 5.51. The summed E-state index contributed by atoms with van der Waals surface area (Å²) in [6.45, 7) is 0. The van der Waals surface area contributed by atoms with E-state index in [-0.39, 0.29) is 6.04 Å². The zero-order valence-corrected chi connectivity index (χ0v) is 12.1. The first-order chi connectivity index (χ1) is 9.80. The van der Waals surface area contributed by atoms with Gasteiger partial charge in [-0.2, -0.15) is 0 Å². The fourth-order valence-electron chi connectivity index (χ4n) is 2.31. The number of rotatable bonds is 6. The number of hydrogen-bond donors (Lipinski definition) is 1. The van der Waals surface area contributed by atoms with Crippen LogP contribution in [-0.4, -0.2) is 26.3 Å². The summed E-state index contributed by atoms with van der Waals surface area (Å²) in [6, 6.07) is 10.1. The Bertz CT molecular complexity index is 543. The molecule has 20 heavy (non-hydrogen) atoms. The van der Waals surface area contributed by atoms with Crippen LogP contribution in [-0.2, 0) is 6.42 Å². The molecule has 4 nitrogen and oxygen atoms in total. The molecule has 0 radical (unpaired) electrons. The summed E-state index contributed by atoms with van der Waals surface area (Å²) in [5.41, 5.74) is 2.32. The third kappa shape index (κ3) is 3.08. The van der Waals surface area contributed by atoms with Gasteiger partial charge in [0.05, 0.1) is 14.2 Å². The highest BCUT2D eigenvalue weighted by Crippen LogP contribution is 2.35. The van der Waals surface area contributed by atoms with Crippen molar-refractivity contribution >= 4 is 0 Å². The molecule has 1 heterocycles. The topological polar surface area (TPSA) is 43.4 Å². The number of nitrogens with one attached hydrogen (secondary N) is 1. The average molecular weight is 272 g/mol. The Kier molecular flexibility index (Phi) is 4.96. The van der Waals surface area contributed by atoms with Crippen LogP contribution >= 0.6 is 0 Å². The van der Waals surface area contributed by atoms with Gasteiger partial charge in [0.1, 0.15) is 0 Å². The summed E-state index contributed by atoms with van der Waals surface area (Å²) >= 11 is 0. The van der Waals surface area contributed by atoms with E-state index >= 15 is 0 Å². The van der Waals surface area contributed by atoms with Crippen molar-refractivity contribution in [3.05, 3.63) is 53.9 Å². The molecule has 0 saturated carbocycles. The Morgan fingerprint density at radius 3 is 2.45 bits per heavy atom.